The summed E-state index contributed by atoms with van der Waals surface area (Å²) in [5.74, 6) is 0. The lowest BCUT2D eigenvalue weighted by molar-refractivity contribution is -1.02. The fourth-order valence-electron chi connectivity index (χ4n) is 5.23. The van der Waals surface area contributed by atoms with Gasteiger partial charge in [0.15, 0.2) is 0 Å². The van der Waals surface area contributed by atoms with Crippen LogP contribution in [0.5, 0.6) is 0 Å². The van der Waals surface area contributed by atoms with Gasteiger partial charge in [-0.05, 0) is 12.1 Å². The van der Waals surface area contributed by atoms with Crippen molar-refractivity contribution in [2.75, 3.05) is 32.7 Å². The normalized spacial score (nSPS) is 18.9. The zero-order valence-corrected chi connectivity index (χ0v) is 18.5. The van der Waals surface area contributed by atoms with Gasteiger partial charge in [0.05, 0.1) is 17.6 Å². The number of benzene rings is 3. The van der Waals surface area contributed by atoms with Crippen LogP contribution in [0.25, 0.3) is 11.0 Å². The van der Waals surface area contributed by atoms with Crippen LogP contribution in [-0.2, 0) is 6.54 Å². The van der Waals surface area contributed by atoms with Crippen LogP contribution in [-0.4, -0.2) is 42.3 Å². The molecule has 0 atom stereocenters. The molecule has 5 heteroatoms. The van der Waals surface area contributed by atoms with Crippen LogP contribution in [0, 0.1) is 0 Å². The minimum atomic E-state index is 0.00373. The average Bonchev–Trinajstić information content (AvgIpc) is 3.17. The molecule has 32 heavy (non-hydrogen) atoms. The van der Waals surface area contributed by atoms with Gasteiger partial charge in [0.25, 0.3) is 0 Å². The van der Waals surface area contributed by atoms with Crippen molar-refractivity contribution in [3.63, 3.8) is 0 Å². The Bertz CT molecular complexity index is 1150. The van der Waals surface area contributed by atoms with Crippen molar-refractivity contribution in [1.29, 1.82) is 0 Å². The average molecular weight is 429 g/mol. The maximum absolute atomic E-state index is 12.3. The van der Waals surface area contributed by atoms with Crippen molar-refractivity contribution in [1.82, 2.24) is 9.55 Å². The first-order chi connectivity index (χ1) is 15.8. The quantitative estimate of drug-likeness (QED) is 0.408. The van der Waals surface area contributed by atoms with E-state index >= 15 is 0 Å². The molecule has 0 spiro atoms. The van der Waals surface area contributed by atoms with E-state index in [-0.39, 0.29) is 5.69 Å². The van der Waals surface area contributed by atoms with E-state index in [2.05, 4.69) is 65.6 Å². The molecule has 1 aromatic heterocycles. The van der Waals surface area contributed by atoms with E-state index in [1.807, 2.05) is 28.8 Å². The lowest BCUT2D eigenvalue weighted by Crippen LogP contribution is -3.28. The SMILES string of the molecule is O=c1[nH]c2ccccc2n1CCC[NH+]1CC[NH+](C(c2ccccc2)c2ccccc2)CC1. The number of imidazole rings is 1. The first kappa shape index (κ1) is 20.7. The van der Waals surface area contributed by atoms with E-state index in [4.69, 9.17) is 0 Å². The van der Waals surface area contributed by atoms with Crippen molar-refractivity contribution in [3.8, 4) is 0 Å². The summed E-state index contributed by atoms with van der Waals surface area (Å²) in [7, 11) is 0. The second kappa shape index (κ2) is 9.55. The highest BCUT2D eigenvalue weighted by molar-refractivity contribution is 5.74. The predicted molar refractivity (Wildman–Crippen MR) is 128 cm³/mol. The molecule has 5 rings (SSSR count). The van der Waals surface area contributed by atoms with Gasteiger partial charge in [0.2, 0.25) is 0 Å². The van der Waals surface area contributed by atoms with E-state index in [0.29, 0.717) is 6.04 Å². The van der Waals surface area contributed by atoms with Gasteiger partial charge in [0.1, 0.15) is 32.2 Å². The summed E-state index contributed by atoms with van der Waals surface area (Å²) in [6, 6.07) is 30.2. The first-order valence-corrected chi connectivity index (χ1v) is 11.8. The lowest BCUT2D eigenvalue weighted by atomic mass is 9.96. The molecule has 0 amide bonds. The molecule has 0 aliphatic carbocycles. The number of hydrogen-bond donors (Lipinski definition) is 3. The van der Waals surface area contributed by atoms with Crippen molar-refractivity contribution in [2.24, 2.45) is 0 Å². The van der Waals surface area contributed by atoms with Gasteiger partial charge in [-0.3, -0.25) is 4.57 Å². The third-order valence-electron chi connectivity index (χ3n) is 6.87. The van der Waals surface area contributed by atoms with Gasteiger partial charge in [0, 0.05) is 24.1 Å². The molecule has 3 aromatic carbocycles. The van der Waals surface area contributed by atoms with Gasteiger partial charge >= 0.3 is 5.69 Å². The molecule has 1 fully saturated rings. The summed E-state index contributed by atoms with van der Waals surface area (Å²) in [5, 5.41) is 0. The number of para-hydroxylation sites is 2. The highest BCUT2D eigenvalue weighted by Crippen LogP contribution is 2.18. The summed E-state index contributed by atoms with van der Waals surface area (Å²) >= 11 is 0. The minimum Gasteiger partial charge on any atom is -0.326 e. The van der Waals surface area contributed by atoms with E-state index in [1.54, 1.807) is 9.80 Å². The topological polar surface area (TPSA) is 46.7 Å². The number of hydrogen-bond acceptors (Lipinski definition) is 1. The second-order valence-electron chi connectivity index (χ2n) is 8.87. The van der Waals surface area contributed by atoms with Crippen LogP contribution in [0.2, 0.25) is 0 Å². The number of aromatic nitrogens is 2. The van der Waals surface area contributed by atoms with Crippen LogP contribution < -0.4 is 15.5 Å². The second-order valence-corrected chi connectivity index (χ2v) is 8.87. The lowest BCUT2D eigenvalue weighted by Gasteiger charge is -2.35. The van der Waals surface area contributed by atoms with Crippen molar-refractivity contribution in [2.45, 2.75) is 19.0 Å². The Balaban J connectivity index is 1.20. The van der Waals surface area contributed by atoms with Crippen LogP contribution in [0.1, 0.15) is 23.6 Å². The standard InChI is InChI=1S/C27H30N4O/c32-27-28-24-14-7-8-15-25(24)31(27)17-9-16-29-18-20-30(21-19-29)26(22-10-3-1-4-11-22)23-12-5-2-6-13-23/h1-8,10-15,26H,9,16-21H2,(H,28,32)/p+2. The van der Waals surface area contributed by atoms with Gasteiger partial charge < -0.3 is 14.8 Å². The number of aromatic amines is 1. The smallest absolute Gasteiger partial charge is 0.326 e. The number of rotatable bonds is 7. The Kier molecular flexibility index (Phi) is 6.19. The summed E-state index contributed by atoms with van der Waals surface area (Å²) in [5.41, 5.74) is 4.74. The Morgan fingerprint density at radius 3 is 2.03 bits per heavy atom. The van der Waals surface area contributed by atoms with Crippen molar-refractivity contribution < 1.29 is 9.80 Å². The predicted octanol–water partition coefficient (Wildman–Crippen LogP) is 1.29. The number of piperazine rings is 1. The summed E-state index contributed by atoms with van der Waals surface area (Å²) in [6.45, 7) is 6.57. The maximum atomic E-state index is 12.3. The third kappa shape index (κ3) is 4.40. The molecule has 0 radical (unpaired) electrons. The number of aryl methyl sites for hydroxylation is 1. The van der Waals surface area contributed by atoms with E-state index in [0.717, 1.165) is 43.6 Å². The van der Waals surface area contributed by atoms with Crippen molar-refractivity contribution in [3.05, 3.63) is 107 Å². The van der Waals surface area contributed by atoms with E-state index in [9.17, 15) is 4.79 Å². The fourth-order valence-corrected chi connectivity index (χ4v) is 5.23. The number of nitrogens with zero attached hydrogens (tertiary/aromatic N) is 1. The van der Waals surface area contributed by atoms with Crippen LogP contribution in [0.3, 0.4) is 0 Å². The number of H-pyrrole nitrogens is 1. The molecule has 0 unspecified atom stereocenters. The third-order valence-corrected chi connectivity index (χ3v) is 6.87. The Labute approximate surface area is 188 Å². The highest BCUT2D eigenvalue weighted by Gasteiger charge is 2.31. The summed E-state index contributed by atoms with van der Waals surface area (Å²) in [4.78, 5) is 18.6. The monoisotopic (exact) mass is 428 g/mol. The minimum absolute atomic E-state index is 0.00373. The van der Waals surface area contributed by atoms with Crippen LogP contribution in [0.4, 0.5) is 0 Å². The highest BCUT2D eigenvalue weighted by atomic mass is 16.1. The molecule has 5 nitrogen and oxygen atoms in total. The number of nitrogens with one attached hydrogen (secondary N) is 3. The van der Waals surface area contributed by atoms with Crippen molar-refractivity contribution >= 4 is 11.0 Å². The molecule has 4 aromatic rings. The molecular weight excluding hydrogens is 396 g/mol. The Morgan fingerprint density at radius 1 is 0.781 bits per heavy atom. The van der Waals surface area contributed by atoms with E-state index in [1.165, 1.54) is 24.2 Å². The maximum Gasteiger partial charge on any atom is 0.326 e. The summed E-state index contributed by atoms with van der Waals surface area (Å²) in [6.07, 6.45) is 1.02. The van der Waals surface area contributed by atoms with Gasteiger partial charge in [-0.1, -0.05) is 72.8 Å². The Morgan fingerprint density at radius 2 is 1.38 bits per heavy atom. The molecule has 0 saturated carbocycles. The fraction of sp³-hybridized carbons (Fsp3) is 0.296. The molecular formula is C27H32N4O+2. The van der Waals surface area contributed by atoms with Crippen LogP contribution >= 0.6 is 0 Å². The molecule has 1 saturated heterocycles. The first-order valence-electron chi connectivity index (χ1n) is 11.8. The largest absolute Gasteiger partial charge is 0.326 e. The zero-order chi connectivity index (χ0) is 21.8. The molecule has 1 aliphatic rings. The molecule has 164 valence electrons. The zero-order valence-electron chi connectivity index (χ0n) is 18.5. The molecule has 0 bridgehead atoms. The van der Waals surface area contributed by atoms with Gasteiger partial charge in [-0.25, -0.2) is 4.79 Å². The Hall–Kier alpha value is -3.15. The molecule has 2 heterocycles. The van der Waals surface area contributed by atoms with E-state index < -0.39 is 0 Å². The van der Waals surface area contributed by atoms with Gasteiger partial charge in [-0.15, -0.1) is 0 Å². The molecule has 1 aliphatic heterocycles. The number of fused-ring (bicyclic) bond motifs is 1. The number of quaternary nitrogens is 2. The van der Waals surface area contributed by atoms with Gasteiger partial charge in [-0.2, -0.15) is 0 Å². The van der Waals surface area contributed by atoms with Crippen LogP contribution in [0.15, 0.2) is 89.7 Å². The molecule has 3 N–H and O–H groups in total. The summed E-state index contributed by atoms with van der Waals surface area (Å²) < 4.78 is 1.89.